The second-order valence-corrected chi connectivity index (χ2v) is 6.38. The molecule has 2 aliphatic heterocycles. The monoisotopic (exact) mass is 372 g/mol. The molecule has 3 atom stereocenters. The maximum absolute atomic E-state index is 15.9. The molecule has 2 heterocycles. The van der Waals surface area contributed by atoms with Crippen molar-refractivity contribution in [3.05, 3.63) is 23.9 Å². The third kappa shape index (κ3) is 3.69. The van der Waals surface area contributed by atoms with Crippen molar-refractivity contribution < 1.29 is 18.8 Å². The van der Waals surface area contributed by atoms with Crippen LogP contribution in [0.15, 0.2) is 23.9 Å². The van der Waals surface area contributed by atoms with Gasteiger partial charge in [-0.2, -0.15) is 0 Å². The molecular formula is C16H22ClFN4O3. The number of halogens is 2. The Morgan fingerprint density at radius 1 is 1.32 bits per heavy atom. The van der Waals surface area contributed by atoms with E-state index >= 15 is 4.39 Å². The van der Waals surface area contributed by atoms with Crippen molar-refractivity contribution in [2.75, 3.05) is 26.2 Å². The van der Waals surface area contributed by atoms with E-state index in [1.54, 1.807) is 6.08 Å². The van der Waals surface area contributed by atoms with Gasteiger partial charge in [0.25, 0.3) is 0 Å². The first kappa shape index (κ1) is 19.4. The Labute approximate surface area is 151 Å². The predicted molar refractivity (Wildman–Crippen MR) is 91.3 cm³/mol. The molecule has 0 radical (unpaired) electrons. The molecule has 0 aromatic carbocycles. The number of amides is 3. The van der Waals surface area contributed by atoms with Gasteiger partial charge in [-0.15, -0.1) is 12.4 Å². The van der Waals surface area contributed by atoms with Crippen molar-refractivity contribution in [2.24, 2.45) is 17.6 Å². The van der Waals surface area contributed by atoms with Crippen LogP contribution in [0.1, 0.15) is 12.8 Å². The van der Waals surface area contributed by atoms with Crippen LogP contribution < -0.4 is 16.4 Å². The standard InChI is InChI=1S/C16H21FN4O3.ClH/c17-16(12-3-4-13(22)20-15(12)24)9-10(1-2-11(16)14(18)23)21-7-5-19-6-8-21;/h1-2,9,11-12,19H,3-8H2,(H2,18,23)(H,20,22,24);1H. The molecular weight excluding hydrogens is 351 g/mol. The number of nitrogens with zero attached hydrogens (tertiary/aromatic N) is 1. The lowest BCUT2D eigenvalue weighted by Crippen LogP contribution is -2.55. The largest absolute Gasteiger partial charge is 0.369 e. The molecule has 3 amide bonds. The van der Waals surface area contributed by atoms with Crippen LogP contribution in [-0.2, 0) is 14.4 Å². The first-order valence-electron chi connectivity index (χ1n) is 8.10. The fourth-order valence-electron chi connectivity index (χ4n) is 3.57. The summed E-state index contributed by atoms with van der Waals surface area (Å²) < 4.78 is 15.9. The van der Waals surface area contributed by atoms with Gasteiger partial charge in [0, 0.05) is 38.3 Å². The molecule has 0 spiro atoms. The van der Waals surface area contributed by atoms with Gasteiger partial charge < -0.3 is 16.0 Å². The van der Waals surface area contributed by atoms with Crippen molar-refractivity contribution in [1.29, 1.82) is 0 Å². The van der Waals surface area contributed by atoms with Crippen molar-refractivity contribution in [3.8, 4) is 0 Å². The lowest BCUT2D eigenvalue weighted by atomic mass is 9.71. The number of carbonyl (C=O) groups is 3. The summed E-state index contributed by atoms with van der Waals surface area (Å²) in [5, 5.41) is 5.37. The van der Waals surface area contributed by atoms with Gasteiger partial charge in [-0.25, -0.2) is 4.39 Å². The lowest BCUT2D eigenvalue weighted by molar-refractivity contribution is -0.141. The first-order chi connectivity index (χ1) is 11.4. The number of nitrogens with one attached hydrogen (secondary N) is 2. The molecule has 9 heteroatoms. The van der Waals surface area contributed by atoms with Crippen LogP contribution in [0.2, 0.25) is 0 Å². The molecule has 4 N–H and O–H groups in total. The van der Waals surface area contributed by atoms with Gasteiger partial charge in [-0.05, 0) is 18.6 Å². The van der Waals surface area contributed by atoms with E-state index in [2.05, 4.69) is 10.6 Å². The highest BCUT2D eigenvalue weighted by atomic mass is 35.5. The number of imide groups is 1. The van der Waals surface area contributed by atoms with Gasteiger partial charge in [0.1, 0.15) is 0 Å². The van der Waals surface area contributed by atoms with Crippen LogP contribution in [0.25, 0.3) is 0 Å². The van der Waals surface area contributed by atoms with Crippen LogP contribution in [0.5, 0.6) is 0 Å². The number of rotatable bonds is 3. The molecule has 2 fully saturated rings. The Bertz CT molecular complexity index is 633. The minimum absolute atomic E-state index is 0. The number of piperidine rings is 1. The van der Waals surface area contributed by atoms with Crippen molar-refractivity contribution in [1.82, 2.24) is 15.5 Å². The van der Waals surface area contributed by atoms with Crippen LogP contribution in [0, 0.1) is 11.8 Å². The summed E-state index contributed by atoms with van der Waals surface area (Å²) in [6.45, 7) is 2.98. The van der Waals surface area contributed by atoms with E-state index in [0.29, 0.717) is 18.8 Å². The zero-order valence-corrected chi connectivity index (χ0v) is 14.5. The lowest BCUT2D eigenvalue weighted by Gasteiger charge is -2.40. The van der Waals surface area contributed by atoms with E-state index in [1.165, 1.54) is 12.2 Å². The number of nitrogens with two attached hydrogens (primary N) is 1. The number of hydrogen-bond donors (Lipinski definition) is 3. The second-order valence-electron chi connectivity index (χ2n) is 6.38. The second kappa shape index (κ2) is 7.53. The molecule has 0 bridgehead atoms. The predicted octanol–water partition coefficient (Wildman–Crippen LogP) is -0.370. The van der Waals surface area contributed by atoms with Gasteiger partial charge >= 0.3 is 0 Å². The van der Waals surface area contributed by atoms with Gasteiger partial charge in [-0.1, -0.05) is 6.08 Å². The van der Waals surface area contributed by atoms with Crippen molar-refractivity contribution >= 4 is 30.1 Å². The first-order valence-corrected chi connectivity index (χ1v) is 8.10. The molecule has 2 saturated heterocycles. The molecule has 3 aliphatic rings. The normalized spacial score (nSPS) is 32.5. The fraction of sp³-hybridized carbons (Fsp3) is 0.562. The van der Waals surface area contributed by atoms with E-state index in [9.17, 15) is 14.4 Å². The Morgan fingerprint density at radius 2 is 2.00 bits per heavy atom. The average molecular weight is 373 g/mol. The number of piperazine rings is 1. The number of alkyl halides is 1. The molecule has 3 unspecified atom stereocenters. The third-order valence-corrected chi connectivity index (χ3v) is 4.87. The molecule has 138 valence electrons. The Hall–Kier alpha value is -1.93. The maximum Gasteiger partial charge on any atom is 0.233 e. The zero-order valence-electron chi connectivity index (χ0n) is 13.7. The summed E-state index contributed by atoms with van der Waals surface area (Å²) >= 11 is 0. The van der Waals surface area contributed by atoms with Crippen molar-refractivity contribution in [3.63, 3.8) is 0 Å². The summed E-state index contributed by atoms with van der Waals surface area (Å²) in [4.78, 5) is 37.3. The maximum atomic E-state index is 15.9. The molecule has 1 aliphatic carbocycles. The highest BCUT2D eigenvalue weighted by Crippen LogP contribution is 2.41. The highest BCUT2D eigenvalue weighted by Gasteiger charge is 2.52. The van der Waals surface area contributed by atoms with Gasteiger partial charge in [0.2, 0.25) is 17.7 Å². The van der Waals surface area contributed by atoms with Crippen molar-refractivity contribution in [2.45, 2.75) is 18.5 Å². The van der Waals surface area contributed by atoms with Gasteiger partial charge in [-0.3, -0.25) is 19.7 Å². The third-order valence-electron chi connectivity index (χ3n) is 4.87. The summed E-state index contributed by atoms with van der Waals surface area (Å²) in [6.07, 6.45) is 4.57. The minimum Gasteiger partial charge on any atom is -0.369 e. The summed E-state index contributed by atoms with van der Waals surface area (Å²) in [7, 11) is 0. The molecule has 3 rings (SSSR count). The molecule has 0 saturated carbocycles. The minimum atomic E-state index is -2.23. The Morgan fingerprint density at radius 3 is 2.60 bits per heavy atom. The molecule has 7 nitrogen and oxygen atoms in total. The number of primary amides is 1. The van der Waals surface area contributed by atoms with E-state index in [4.69, 9.17) is 5.73 Å². The summed E-state index contributed by atoms with van der Waals surface area (Å²) in [5.41, 5.74) is 3.77. The summed E-state index contributed by atoms with van der Waals surface area (Å²) in [5.74, 6) is -4.28. The van der Waals surface area contributed by atoms with Crippen LogP contribution >= 0.6 is 12.4 Å². The van der Waals surface area contributed by atoms with Gasteiger partial charge in [0.15, 0.2) is 5.67 Å². The van der Waals surface area contributed by atoms with E-state index < -0.39 is 35.2 Å². The molecule has 0 aromatic rings. The van der Waals surface area contributed by atoms with E-state index in [0.717, 1.165) is 13.1 Å². The number of carbonyl (C=O) groups excluding carboxylic acids is 3. The quantitative estimate of drug-likeness (QED) is 0.586. The zero-order chi connectivity index (χ0) is 17.3. The van der Waals surface area contributed by atoms with Crippen LogP contribution in [-0.4, -0.2) is 54.5 Å². The smallest absolute Gasteiger partial charge is 0.233 e. The number of allylic oxidation sites excluding steroid dienone is 2. The van der Waals surface area contributed by atoms with Gasteiger partial charge in [0.05, 0.1) is 11.8 Å². The fourth-order valence-corrected chi connectivity index (χ4v) is 3.57. The Balaban J connectivity index is 0.00000225. The van der Waals surface area contributed by atoms with E-state index in [1.807, 2.05) is 4.90 Å². The number of hydrogen-bond acceptors (Lipinski definition) is 5. The average Bonchev–Trinajstić information content (AvgIpc) is 2.55. The van der Waals surface area contributed by atoms with Crippen LogP contribution in [0.3, 0.4) is 0 Å². The molecule has 25 heavy (non-hydrogen) atoms. The topological polar surface area (TPSA) is 105 Å². The molecule has 0 aromatic heterocycles. The summed E-state index contributed by atoms with van der Waals surface area (Å²) in [6, 6.07) is 0. The SMILES string of the molecule is Cl.NC(=O)C1C=CC(N2CCNCC2)=CC1(F)C1CCC(=O)NC1=O. The highest BCUT2D eigenvalue weighted by molar-refractivity contribution is 6.00. The van der Waals surface area contributed by atoms with E-state index in [-0.39, 0.29) is 25.2 Å². The van der Waals surface area contributed by atoms with Crippen LogP contribution in [0.4, 0.5) is 4.39 Å². The Kier molecular flexibility index (Phi) is 5.84.